The fraction of sp³-hybridized carbons (Fsp3) is 0.455. The molecule has 0 atom stereocenters. The van der Waals surface area contributed by atoms with Gasteiger partial charge in [-0.2, -0.15) is 0 Å². The van der Waals surface area contributed by atoms with E-state index in [0.29, 0.717) is 16.7 Å². The van der Waals surface area contributed by atoms with Gasteiger partial charge in [-0.1, -0.05) is 34.8 Å². The molecule has 0 spiro atoms. The molecule has 0 fully saturated rings. The van der Waals surface area contributed by atoms with E-state index in [-0.39, 0.29) is 5.82 Å². The van der Waals surface area contributed by atoms with Gasteiger partial charge in [-0.3, -0.25) is 0 Å². The molecule has 1 aromatic rings. The highest BCUT2D eigenvalue weighted by atomic mass is 35.6. The van der Waals surface area contributed by atoms with E-state index in [4.69, 9.17) is 34.8 Å². The van der Waals surface area contributed by atoms with E-state index in [1.54, 1.807) is 13.8 Å². The highest BCUT2D eigenvalue weighted by Crippen LogP contribution is 2.43. The van der Waals surface area contributed by atoms with Crippen molar-refractivity contribution in [2.75, 3.05) is 0 Å². The molecule has 0 amide bonds. The summed E-state index contributed by atoms with van der Waals surface area (Å²) in [5.74, 6) is -0.292. The standard InChI is InChI=1S/C11H12Cl3F/c1-5-6(2)9(11(12,13)14)8(4)10(15)7(5)3/h1-4H3. The Hall–Kier alpha value is 0.0200. The second kappa shape index (κ2) is 4.12. The molecule has 0 saturated heterocycles. The molecule has 0 N–H and O–H groups in total. The Kier molecular flexibility index (Phi) is 3.59. The molecule has 15 heavy (non-hydrogen) atoms. The van der Waals surface area contributed by atoms with E-state index in [1.165, 1.54) is 0 Å². The number of hydrogen-bond donors (Lipinski definition) is 0. The predicted octanol–water partition coefficient (Wildman–Crippen LogP) is 4.89. The summed E-state index contributed by atoms with van der Waals surface area (Å²) in [6.07, 6.45) is 0. The summed E-state index contributed by atoms with van der Waals surface area (Å²) in [5.41, 5.74) is 3.15. The van der Waals surface area contributed by atoms with Gasteiger partial charge in [-0.25, -0.2) is 4.39 Å². The number of benzene rings is 1. The van der Waals surface area contributed by atoms with Gasteiger partial charge >= 0.3 is 0 Å². The van der Waals surface area contributed by atoms with Crippen LogP contribution in [0.15, 0.2) is 0 Å². The third-order valence-corrected chi connectivity index (χ3v) is 3.38. The van der Waals surface area contributed by atoms with Gasteiger partial charge in [0, 0.05) is 5.56 Å². The Morgan fingerprint density at radius 3 is 1.67 bits per heavy atom. The lowest BCUT2D eigenvalue weighted by Gasteiger charge is -2.21. The SMILES string of the molecule is Cc1c(C)c(F)c(C)c(C(Cl)(Cl)Cl)c1C. The zero-order valence-electron chi connectivity index (χ0n) is 9.01. The Bertz CT molecular complexity index is 376. The summed E-state index contributed by atoms with van der Waals surface area (Å²) in [6.45, 7) is 7.03. The van der Waals surface area contributed by atoms with Gasteiger partial charge in [0.05, 0.1) is 0 Å². The van der Waals surface area contributed by atoms with Crippen molar-refractivity contribution in [2.45, 2.75) is 31.5 Å². The van der Waals surface area contributed by atoms with E-state index in [9.17, 15) is 4.39 Å². The first-order valence-corrected chi connectivity index (χ1v) is 5.64. The summed E-state index contributed by atoms with van der Waals surface area (Å²) in [7, 11) is 0. The fourth-order valence-electron chi connectivity index (χ4n) is 1.73. The molecular formula is C11H12Cl3F. The number of halogens is 4. The van der Waals surface area contributed by atoms with Gasteiger partial charge in [0.25, 0.3) is 0 Å². The van der Waals surface area contributed by atoms with Crippen molar-refractivity contribution in [3.05, 3.63) is 33.6 Å². The van der Waals surface area contributed by atoms with Crippen molar-refractivity contribution in [3.8, 4) is 0 Å². The Morgan fingerprint density at radius 2 is 1.27 bits per heavy atom. The molecule has 84 valence electrons. The van der Waals surface area contributed by atoms with Crippen LogP contribution in [0.5, 0.6) is 0 Å². The molecule has 0 aliphatic heterocycles. The Balaban J connectivity index is 3.68. The molecule has 0 saturated carbocycles. The minimum atomic E-state index is -1.58. The molecule has 0 nitrogen and oxygen atoms in total. The van der Waals surface area contributed by atoms with Crippen LogP contribution in [-0.2, 0) is 3.79 Å². The lowest BCUT2D eigenvalue weighted by Crippen LogP contribution is -2.11. The van der Waals surface area contributed by atoms with Crippen LogP contribution in [0, 0.1) is 33.5 Å². The van der Waals surface area contributed by atoms with Crippen molar-refractivity contribution in [2.24, 2.45) is 0 Å². The quantitative estimate of drug-likeness (QED) is 0.589. The molecule has 1 aromatic carbocycles. The van der Waals surface area contributed by atoms with Crippen molar-refractivity contribution >= 4 is 34.8 Å². The normalized spacial score (nSPS) is 12.0. The molecule has 0 unspecified atom stereocenters. The topological polar surface area (TPSA) is 0 Å². The number of rotatable bonds is 0. The molecule has 0 aliphatic rings. The molecule has 0 aromatic heterocycles. The monoisotopic (exact) mass is 268 g/mol. The van der Waals surface area contributed by atoms with E-state index in [1.807, 2.05) is 13.8 Å². The van der Waals surface area contributed by atoms with E-state index < -0.39 is 3.79 Å². The Morgan fingerprint density at radius 1 is 0.800 bits per heavy atom. The maximum atomic E-state index is 13.8. The second-order valence-corrected chi connectivity index (χ2v) is 5.97. The van der Waals surface area contributed by atoms with Crippen LogP contribution in [0.2, 0.25) is 0 Å². The smallest absolute Gasteiger partial charge is 0.206 e. The van der Waals surface area contributed by atoms with Gasteiger partial charge in [-0.05, 0) is 49.9 Å². The molecule has 0 heterocycles. The minimum absolute atomic E-state index is 0.292. The average molecular weight is 270 g/mol. The first kappa shape index (κ1) is 13.1. The van der Waals surface area contributed by atoms with Gasteiger partial charge < -0.3 is 0 Å². The van der Waals surface area contributed by atoms with Crippen molar-refractivity contribution in [3.63, 3.8) is 0 Å². The van der Waals surface area contributed by atoms with E-state index >= 15 is 0 Å². The van der Waals surface area contributed by atoms with Crippen LogP contribution >= 0.6 is 34.8 Å². The molecule has 0 bridgehead atoms. The maximum absolute atomic E-state index is 13.8. The fourth-order valence-corrected chi connectivity index (χ4v) is 2.58. The van der Waals surface area contributed by atoms with Crippen molar-refractivity contribution in [1.29, 1.82) is 0 Å². The lowest BCUT2D eigenvalue weighted by atomic mass is 9.94. The van der Waals surface area contributed by atoms with Crippen LogP contribution < -0.4 is 0 Å². The van der Waals surface area contributed by atoms with Crippen LogP contribution in [0.1, 0.15) is 27.8 Å². The summed E-state index contributed by atoms with van der Waals surface area (Å²) in [6, 6.07) is 0. The lowest BCUT2D eigenvalue weighted by molar-refractivity contribution is 0.604. The van der Waals surface area contributed by atoms with Crippen LogP contribution in [0.4, 0.5) is 4.39 Å². The summed E-state index contributed by atoms with van der Waals surface area (Å²) < 4.78 is 12.2. The molecular weight excluding hydrogens is 257 g/mol. The Labute approximate surface area is 104 Å². The van der Waals surface area contributed by atoms with Gasteiger partial charge in [0.15, 0.2) is 0 Å². The minimum Gasteiger partial charge on any atom is -0.206 e. The zero-order valence-corrected chi connectivity index (χ0v) is 11.3. The van der Waals surface area contributed by atoms with Crippen molar-refractivity contribution < 1.29 is 4.39 Å². The van der Waals surface area contributed by atoms with Crippen molar-refractivity contribution in [1.82, 2.24) is 0 Å². The van der Waals surface area contributed by atoms with Gasteiger partial charge in [-0.15, -0.1) is 0 Å². The summed E-state index contributed by atoms with van der Waals surface area (Å²) >= 11 is 17.5. The summed E-state index contributed by atoms with van der Waals surface area (Å²) in [4.78, 5) is 0. The molecule has 4 heteroatoms. The molecule has 1 rings (SSSR count). The average Bonchev–Trinajstić information content (AvgIpc) is 2.09. The molecule has 0 radical (unpaired) electrons. The molecule has 0 aliphatic carbocycles. The van der Waals surface area contributed by atoms with Gasteiger partial charge in [0.2, 0.25) is 3.79 Å². The zero-order chi connectivity index (χ0) is 12.0. The number of hydrogen-bond acceptors (Lipinski definition) is 0. The highest BCUT2D eigenvalue weighted by molar-refractivity contribution is 6.66. The van der Waals surface area contributed by atoms with E-state index in [2.05, 4.69) is 0 Å². The second-order valence-electron chi connectivity index (χ2n) is 3.69. The third kappa shape index (κ3) is 2.25. The van der Waals surface area contributed by atoms with E-state index in [0.717, 1.165) is 11.1 Å². The maximum Gasteiger partial charge on any atom is 0.216 e. The van der Waals surface area contributed by atoms with Crippen LogP contribution in [-0.4, -0.2) is 0 Å². The van der Waals surface area contributed by atoms with Crippen LogP contribution in [0.3, 0.4) is 0 Å². The third-order valence-electron chi connectivity index (χ3n) is 2.82. The predicted molar refractivity (Wildman–Crippen MR) is 64.6 cm³/mol. The highest BCUT2D eigenvalue weighted by Gasteiger charge is 2.30. The summed E-state index contributed by atoms with van der Waals surface area (Å²) in [5, 5.41) is 0. The van der Waals surface area contributed by atoms with Gasteiger partial charge in [0.1, 0.15) is 5.82 Å². The number of alkyl halides is 3. The van der Waals surface area contributed by atoms with Crippen LogP contribution in [0.25, 0.3) is 0 Å². The first-order valence-electron chi connectivity index (χ1n) is 4.51. The first-order chi connectivity index (χ1) is 6.68. The largest absolute Gasteiger partial charge is 0.216 e.